The van der Waals surface area contributed by atoms with Crippen molar-refractivity contribution in [3.8, 4) is 22.8 Å². The lowest BCUT2D eigenvalue weighted by molar-refractivity contribution is 0.395. The summed E-state index contributed by atoms with van der Waals surface area (Å²) in [5.74, 6) is 1.92. The minimum atomic E-state index is 0.345. The van der Waals surface area contributed by atoms with Crippen LogP contribution in [0.2, 0.25) is 10.0 Å². The van der Waals surface area contributed by atoms with E-state index in [-0.39, 0.29) is 0 Å². The van der Waals surface area contributed by atoms with E-state index in [0.29, 0.717) is 51.0 Å². The largest absolute Gasteiger partial charge is 0.495 e. The molecule has 0 saturated heterocycles. The van der Waals surface area contributed by atoms with Gasteiger partial charge in [0.25, 0.3) is 0 Å². The van der Waals surface area contributed by atoms with E-state index in [9.17, 15) is 0 Å². The third kappa shape index (κ3) is 4.17. The third-order valence-electron chi connectivity index (χ3n) is 4.87. The summed E-state index contributed by atoms with van der Waals surface area (Å²) in [6.07, 6.45) is 1.70. The molecule has 8 heteroatoms. The van der Waals surface area contributed by atoms with E-state index in [1.165, 1.54) is 14.2 Å². The lowest BCUT2D eigenvalue weighted by Gasteiger charge is -2.16. The summed E-state index contributed by atoms with van der Waals surface area (Å²) in [7, 11) is 3.07. The van der Waals surface area contributed by atoms with E-state index in [2.05, 4.69) is 10.3 Å². The van der Waals surface area contributed by atoms with E-state index in [1.54, 1.807) is 18.3 Å². The Labute approximate surface area is 189 Å². The number of halogens is 2. The van der Waals surface area contributed by atoms with Crippen LogP contribution < -0.4 is 20.5 Å². The minimum Gasteiger partial charge on any atom is -0.495 e. The molecular formula is C23H20Cl2N4O2. The molecule has 0 spiro atoms. The highest BCUT2D eigenvalue weighted by atomic mass is 35.5. The van der Waals surface area contributed by atoms with Gasteiger partial charge in [0.05, 0.1) is 30.0 Å². The molecule has 0 fully saturated rings. The molecule has 4 rings (SSSR count). The molecule has 0 aliphatic heterocycles. The van der Waals surface area contributed by atoms with Crippen LogP contribution in [-0.2, 0) is 6.54 Å². The molecule has 0 bridgehead atoms. The number of rotatable bonds is 6. The Bertz CT molecular complexity index is 1220. The molecule has 6 nitrogen and oxygen atoms in total. The average Bonchev–Trinajstić information content (AvgIpc) is 2.78. The number of fused-ring (bicyclic) bond motifs is 1. The molecule has 0 saturated carbocycles. The zero-order valence-corrected chi connectivity index (χ0v) is 18.5. The second-order valence-corrected chi connectivity index (χ2v) is 7.57. The maximum Gasteiger partial charge on any atom is 0.141 e. The van der Waals surface area contributed by atoms with Crippen molar-refractivity contribution in [1.82, 2.24) is 9.97 Å². The van der Waals surface area contributed by atoms with Gasteiger partial charge in [-0.3, -0.25) is 0 Å². The van der Waals surface area contributed by atoms with E-state index in [1.807, 2.05) is 36.4 Å². The minimum absolute atomic E-state index is 0.345. The van der Waals surface area contributed by atoms with Crippen molar-refractivity contribution in [3.05, 3.63) is 70.3 Å². The van der Waals surface area contributed by atoms with Crippen molar-refractivity contribution in [2.75, 3.05) is 25.3 Å². The van der Waals surface area contributed by atoms with E-state index >= 15 is 0 Å². The molecule has 0 unspecified atom stereocenters. The van der Waals surface area contributed by atoms with Crippen LogP contribution in [-0.4, -0.2) is 24.2 Å². The number of nitrogens with zero attached hydrogens (tertiary/aromatic N) is 2. The summed E-state index contributed by atoms with van der Waals surface area (Å²) in [6, 6.07) is 15.3. The highest BCUT2D eigenvalue weighted by molar-refractivity contribution is 6.41. The maximum absolute atomic E-state index is 6.62. The van der Waals surface area contributed by atoms with Gasteiger partial charge in [-0.2, -0.15) is 0 Å². The number of nitrogens with two attached hydrogens (primary N) is 1. The molecule has 2 aromatic carbocycles. The number of hydrogen-bond donors (Lipinski definition) is 2. The van der Waals surface area contributed by atoms with Crippen molar-refractivity contribution in [2.45, 2.75) is 6.54 Å². The van der Waals surface area contributed by atoms with Crippen LogP contribution >= 0.6 is 23.2 Å². The standard InChI is InChI=1S/C23H20Cl2N4O2/c1-30-17-10-18(31-2)22(25)20(21(17)24)16-8-14-12-27-19(26)9-15(14)23(29-16)28-11-13-6-4-3-5-7-13/h3-10,12H,11H2,1-2H3,(H2,26,27)(H,28,29). The number of methoxy groups -OCH3 is 2. The number of aromatic nitrogens is 2. The summed E-state index contributed by atoms with van der Waals surface area (Å²) in [5, 5.41) is 5.76. The Morgan fingerprint density at radius 1 is 0.968 bits per heavy atom. The molecule has 0 aliphatic rings. The molecular weight excluding hydrogens is 435 g/mol. The predicted molar refractivity (Wildman–Crippen MR) is 126 cm³/mol. The van der Waals surface area contributed by atoms with Gasteiger partial charge in [-0.15, -0.1) is 0 Å². The number of hydrogen-bond acceptors (Lipinski definition) is 6. The SMILES string of the molecule is COc1cc(OC)c(Cl)c(-c2cc3cnc(N)cc3c(NCc3ccccc3)n2)c1Cl. The number of benzene rings is 2. The summed E-state index contributed by atoms with van der Waals surface area (Å²) >= 11 is 13.2. The van der Waals surface area contributed by atoms with Crippen LogP contribution in [0.25, 0.3) is 22.0 Å². The molecule has 2 aromatic heterocycles. The van der Waals surface area contributed by atoms with Crippen LogP contribution in [0.4, 0.5) is 11.6 Å². The van der Waals surface area contributed by atoms with Gasteiger partial charge < -0.3 is 20.5 Å². The lowest BCUT2D eigenvalue weighted by Crippen LogP contribution is -2.04. The number of ether oxygens (including phenoxy) is 2. The second-order valence-electron chi connectivity index (χ2n) is 6.81. The first kappa shape index (κ1) is 21.0. The topological polar surface area (TPSA) is 82.3 Å². The molecule has 4 aromatic rings. The fourth-order valence-electron chi connectivity index (χ4n) is 3.32. The quantitative estimate of drug-likeness (QED) is 0.382. The summed E-state index contributed by atoms with van der Waals surface area (Å²) in [4.78, 5) is 9.05. The normalized spacial score (nSPS) is 10.8. The van der Waals surface area contributed by atoms with Gasteiger partial charge in [0.2, 0.25) is 0 Å². The molecule has 0 amide bonds. The Balaban J connectivity index is 1.89. The van der Waals surface area contributed by atoms with E-state index in [0.717, 1.165) is 16.3 Å². The monoisotopic (exact) mass is 454 g/mol. The lowest BCUT2D eigenvalue weighted by atomic mass is 10.1. The highest BCUT2D eigenvalue weighted by Crippen LogP contribution is 2.46. The third-order valence-corrected chi connectivity index (χ3v) is 5.62. The average molecular weight is 455 g/mol. The van der Waals surface area contributed by atoms with Gasteiger partial charge in [-0.25, -0.2) is 9.97 Å². The summed E-state index contributed by atoms with van der Waals surface area (Å²) < 4.78 is 10.8. The molecule has 0 atom stereocenters. The van der Waals surface area contributed by atoms with Gasteiger partial charge in [-0.1, -0.05) is 53.5 Å². The highest BCUT2D eigenvalue weighted by Gasteiger charge is 2.21. The fraction of sp³-hybridized carbons (Fsp3) is 0.130. The van der Waals surface area contributed by atoms with Crippen molar-refractivity contribution in [1.29, 1.82) is 0 Å². The number of nitrogens with one attached hydrogen (secondary N) is 1. The Morgan fingerprint density at radius 2 is 1.65 bits per heavy atom. The second kappa shape index (κ2) is 8.88. The van der Waals surface area contributed by atoms with Gasteiger partial charge >= 0.3 is 0 Å². The number of pyridine rings is 2. The molecule has 158 valence electrons. The van der Waals surface area contributed by atoms with Crippen molar-refractivity contribution in [3.63, 3.8) is 0 Å². The van der Waals surface area contributed by atoms with Crippen LogP contribution in [0.3, 0.4) is 0 Å². The van der Waals surface area contributed by atoms with Crippen molar-refractivity contribution >= 4 is 45.6 Å². The molecule has 0 radical (unpaired) electrons. The molecule has 0 aliphatic carbocycles. The van der Waals surface area contributed by atoms with Crippen LogP contribution in [0, 0.1) is 0 Å². The van der Waals surface area contributed by atoms with Gasteiger partial charge in [-0.05, 0) is 17.7 Å². The maximum atomic E-state index is 6.62. The van der Waals surface area contributed by atoms with Crippen molar-refractivity contribution < 1.29 is 9.47 Å². The van der Waals surface area contributed by atoms with Crippen LogP contribution in [0.1, 0.15) is 5.56 Å². The zero-order chi connectivity index (χ0) is 22.0. The number of anilines is 2. The first-order chi connectivity index (χ1) is 15.0. The summed E-state index contributed by atoms with van der Waals surface area (Å²) in [5.41, 5.74) is 8.12. The molecule has 2 heterocycles. The van der Waals surface area contributed by atoms with Crippen molar-refractivity contribution in [2.24, 2.45) is 0 Å². The Hall–Kier alpha value is -3.22. The smallest absolute Gasteiger partial charge is 0.141 e. The Morgan fingerprint density at radius 3 is 2.29 bits per heavy atom. The summed E-state index contributed by atoms with van der Waals surface area (Å²) in [6.45, 7) is 0.581. The molecule has 31 heavy (non-hydrogen) atoms. The predicted octanol–water partition coefficient (Wildman–Crippen LogP) is 5.82. The van der Waals surface area contributed by atoms with Gasteiger partial charge in [0.1, 0.15) is 23.1 Å². The van der Waals surface area contributed by atoms with Crippen LogP contribution in [0.15, 0.2) is 54.7 Å². The number of nitrogen functional groups attached to an aromatic ring is 1. The van der Waals surface area contributed by atoms with E-state index in [4.69, 9.17) is 43.4 Å². The first-order valence-electron chi connectivity index (χ1n) is 9.46. The van der Waals surface area contributed by atoms with Gasteiger partial charge in [0, 0.05) is 35.1 Å². The first-order valence-corrected chi connectivity index (χ1v) is 10.2. The molecule has 3 N–H and O–H groups in total. The van der Waals surface area contributed by atoms with E-state index < -0.39 is 0 Å². The fourth-order valence-corrected chi connectivity index (χ4v) is 4.01. The Kier molecular flexibility index (Phi) is 6.02. The van der Waals surface area contributed by atoms with Crippen LogP contribution in [0.5, 0.6) is 11.5 Å². The van der Waals surface area contributed by atoms with Gasteiger partial charge in [0.15, 0.2) is 0 Å². The zero-order valence-electron chi connectivity index (χ0n) is 16.9.